The molecule has 0 amide bonds. The number of nitro benzene ring substituents is 1. The minimum Gasteiger partial charge on any atom is -0.489 e. The van der Waals surface area contributed by atoms with Crippen molar-refractivity contribution in [2.24, 2.45) is 5.84 Å². The van der Waals surface area contributed by atoms with Crippen molar-refractivity contribution in [2.75, 3.05) is 5.43 Å². The summed E-state index contributed by atoms with van der Waals surface area (Å²) in [5, 5.41) is 11.4. The van der Waals surface area contributed by atoms with E-state index in [0.717, 1.165) is 5.56 Å². The fourth-order valence-corrected chi connectivity index (χ4v) is 1.73. The summed E-state index contributed by atoms with van der Waals surface area (Å²) in [6, 6.07) is 11.4. The summed E-state index contributed by atoms with van der Waals surface area (Å²) >= 11 is 5.79. The molecule has 0 saturated carbocycles. The fourth-order valence-electron chi connectivity index (χ4n) is 1.60. The van der Waals surface area contributed by atoms with E-state index in [0.29, 0.717) is 16.5 Å². The zero-order chi connectivity index (χ0) is 14.5. The second-order valence-electron chi connectivity index (χ2n) is 4.03. The van der Waals surface area contributed by atoms with Gasteiger partial charge in [0.05, 0.1) is 16.7 Å². The molecule has 0 aliphatic carbocycles. The lowest BCUT2D eigenvalue weighted by molar-refractivity contribution is -0.384. The van der Waals surface area contributed by atoms with Gasteiger partial charge in [-0.1, -0.05) is 23.7 Å². The topological polar surface area (TPSA) is 90.4 Å². The van der Waals surface area contributed by atoms with Crippen molar-refractivity contribution >= 4 is 23.0 Å². The molecule has 2 aromatic rings. The molecule has 0 bridgehead atoms. The Bertz CT molecular complexity index is 617. The Morgan fingerprint density at radius 2 is 1.95 bits per heavy atom. The Morgan fingerprint density at radius 1 is 1.25 bits per heavy atom. The van der Waals surface area contributed by atoms with Gasteiger partial charge in [-0.3, -0.25) is 16.0 Å². The first kappa shape index (κ1) is 14.1. The molecule has 0 atom stereocenters. The number of ether oxygens (including phenoxy) is 1. The minimum absolute atomic E-state index is 0.0912. The van der Waals surface area contributed by atoms with E-state index < -0.39 is 4.92 Å². The van der Waals surface area contributed by atoms with E-state index in [1.165, 1.54) is 12.1 Å². The first-order valence-electron chi connectivity index (χ1n) is 5.72. The molecule has 0 aliphatic rings. The number of nitrogens with two attached hydrogens (primary N) is 1. The van der Waals surface area contributed by atoms with Gasteiger partial charge < -0.3 is 10.2 Å². The summed E-state index contributed by atoms with van der Waals surface area (Å²) in [7, 11) is 0. The van der Waals surface area contributed by atoms with Crippen LogP contribution in [0.3, 0.4) is 0 Å². The van der Waals surface area contributed by atoms with Gasteiger partial charge in [-0.15, -0.1) is 0 Å². The van der Waals surface area contributed by atoms with Crippen LogP contribution in [0.4, 0.5) is 11.4 Å². The molecular formula is C13H12ClN3O3. The van der Waals surface area contributed by atoms with Gasteiger partial charge >= 0.3 is 0 Å². The normalized spacial score (nSPS) is 10.1. The minimum atomic E-state index is -0.504. The van der Waals surface area contributed by atoms with Crippen LogP contribution in [0.15, 0.2) is 42.5 Å². The van der Waals surface area contributed by atoms with Crippen LogP contribution in [-0.4, -0.2) is 4.92 Å². The number of nitrogens with zero attached hydrogens (tertiary/aromatic N) is 1. The number of benzene rings is 2. The number of halogens is 1. The Morgan fingerprint density at radius 3 is 2.55 bits per heavy atom. The van der Waals surface area contributed by atoms with Gasteiger partial charge in [0, 0.05) is 17.2 Å². The number of rotatable bonds is 5. The van der Waals surface area contributed by atoms with E-state index in [-0.39, 0.29) is 12.3 Å². The molecule has 6 nitrogen and oxygen atoms in total. The maximum absolute atomic E-state index is 10.8. The number of nitro groups is 1. The second-order valence-corrected chi connectivity index (χ2v) is 4.47. The smallest absolute Gasteiger partial charge is 0.275 e. The highest BCUT2D eigenvalue weighted by Gasteiger charge is 2.10. The molecule has 0 aliphatic heterocycles. The maximum atomic E-state index is 10.8. The van der Waals surface area contributed by atoms with Crippen molar-refractivity contribution in [3.63, 3.8) is 0 Å². The average Bonchev–Trinajstić information content (AvgIpc) is 2.46. The summed E-state index contributed by atoms with van der Waals surface area (Å²) in [5.41, 5.74) is 3.59. The molecule has 2 aromatic carbocycles. The van der Waals surface area contributed by atoms with Crippen molar-refractivity contribution in [1.29, 1.82) is 0 Å². The quantitative estimate of drug-likeness (QED) is 0.502. The van der Waals surface area contributed by atoms with Gasteiger partial charge in [0.15, 0.2) is 0 Å². The summed E-state index contributed by atoms with van der Waals surface area (Å²) in [4.78, 5) is 10.3. The highest BCUT2D eigenvalue weighted by molar-refractivity contribution is 6.30. The molecule has 20 heavy (non-hydrogen) atoms. The predicted molar refractivity (Wildman–Crippen MR) is 76.7 cm³/mol. The SMILES string of the molecule is NNc1cc(OCc2ccc(Cl)cc2)cc([N+](=O)[O-])c1. The van der Waals surface area contributed by atoms with Crippen molar-refractivity contribution in [2.45, 2.75) is 6.61 Å². The number of non-ortho nitro benzene ring substituents is 1. The van der Waals surface area contributed by atoms with Gasteiger partial charge in [-0.2, -0.15) is 0 Å². The average molecular weight is 294 g/mol. The molecule has 0 aromatic heterocycles. The molecule has 0 radical (unpaired) electrons. The molecule has 0 heterocycles. The van der Waals surface area contributed by atoms with Crippen molar-refractivity contribution in [1.82, 2.24) is 0 Å². The van der Waals surface area contributed by atoms with Gasteiger partial charge in [0.1, 0.15) is 12.4 Å². The molecule has 0 fully saturated rings. The van der Waals surface area contributed by atoms with E-state index in [9.17, 15) is 10.1 Å². The van der Waals surface area contributed by atoms with Crippen LogP contribution in [0.2, 0.25) is 5.02 Å². The molecule has 0 unspecified atom stereocenters. The molecule has 7 heteroatoms. The summed E-state index contributed by atoms with van der Waals surface area (Å²) in [6.45, 7) is 0.280. The largest absolute Gasteiger partial charge is 0.489 e. The Balaban J connectivity index is 2.14. The highest BCUT2D eigenvalue weighted by Crippen LogP contribution is 2.26. The van der Waals surface area contributed by atoms with E-state index in [1.54, 1.807) is 18.2 Å². The first-order chi connectivity index (χ1) is 9.58. The van der Waals surface area contributed by atoms with E-state index in [2.05, 4.69) is 5.43 Å². The molecular weight excluding hydrogens is 282 g/mol. The lowest BCUT2D eigenvalue weighted by Crippen LogP contribution is -2.07. The molecule has 0 saturated heterocycles. The molecule has 104 valence electrons. The van der Waals surface area contributed by atoms with E-state index in [1.807, 2.05) is 12.1 Å². The van der Waals surface area contributed by atoms with Gasteiger partial charge in [-0.05, 0) is 17.7 Å². The van der Waals surface area contributed by atoms with Crippen molar-refractivity contribution in [3.8, 4) is 5.75 Å². The van der Waals surface area contributed by atoms with Crippen LogP contribution in [-0.2, 0) is 6.61 Å². The first-order valence-corrected chi connectivity index (χ1v) is 6.09. The van der Waals surface area contributed by atoms with Crippen LogP contribution in [0, 0.1) is 10.1 Å². The Kier molecular flexibility index (Phi) is 4.39. The van der Waals surface area contributed by atoms with Gasteiger partial charge in [0.2, 0.25) is 0 Å². The number of anilines is 1. The molecule has 2 rings (SSSR count). The molecule has 0 spiro atoms. The third kappa shape index (κ3) is 3.59. The maximum Gasteiger partial charge on any atom is 0.275 e. The van der Waals surface area contributed by atoms with Crippen molar-refractivity contribution in [3.05, 3.63) is 63.2 Å². The highest BCUT2D eigenvalue weighted by atomic mass is 35.5. The Hall–Kier alpha value is -2.31. The fraction of sp³-hybridized carbons (Fsp3) is 0.0769. The number of nitrogen functional groups attached to an aromatic ring is 1. The summed E-state index contributed by atoms with van der Waals surface area (Å²) in [6.07, 6.45) is 0. The Labute approximate surface area is 120 Å². The van der Waals surface area contributed by atoms with Crippen LogP contribution in [0.5, 0.6) is 5.75 Å². The van der Waals surface area contributed by atoms with Crippen LogP contribution < -0.4 is 16.0 Å². The zero-order valence-electron chi connectivity index (χ0n) is 10.4. The van der Waals surface area contributed by atoms with E-state index in [4.69, 9.17) is 22.2 Å². The van der Waals surface area contributed by atoms with Crippen LogP contribution in [0.1, 0.15) is 5.56 Å². The number of hydrazine groups is 1. The van der Waals surface area contributed by atoms with Crippen LogP contribution in [0.25, 0.3) is 0 Å². The van der Waals surface area contributed by atoms with Gasteiger partial charge in [0.25, 0.3) is 5.69 Å². The number of hydrogen-bond acceptors (Lipinski definition) is 5. The van der Waals surface area contributed by atoms with Crippen molar-refractivity contribution < 1.29 is 9.66 Å². The van der Waals surface area contributed by atoms with Gasteiger partial charge in [-0.25, -0.2) is 0 Å². The number of nitrogens with one attached hydrogen (secondary N) is 1. The third-order valence-corrected chi connectivity index (χ3v) is 2.84. The lowest BCUT2D eigenvalue weighted by atomic mass is 10.2. The summed E-state index contributed by atoms with van der Waals surface area (Å²) in [5.74, 6) is 5.63. The lowest BCUT2D eigenvalue weighted by Gasteiger charge is -2.08. The standard InChI is InChI=1S/C13H12ClN3O3/c14-10-3-1-9(2-4-10)8-20-13-6-11(16-15)5-12(7-13)17(18)19/h1-7,16H,8,15H2. The van der Waals surface area contributed by atoms with E-state index >= 15 is 0 Å². The zero-order valence-corrected chi connectivity index (χ0v) is 11.1. The number of hydrogen-bond donors (Lipinski definition) is 2. The van der Waals surface area contributed by atoms with Crippen LogP contribution >= 0.6 is 11.6 Å². The summed E-state index contributed by atoms with van der Waals surface area (Å²) < 4.78 is 5.52. The predicted octanol–water partition coefficient (Wildman–Crippen LogP) is 3.11. The monoisotopic (exact) mass is 293 g/mol. The second kappa shape index (κ2) is 6.23. The molecule has 3 N–H and O–H groups in total. The third-order valence-electron chi connectivity index (χ3n) is 2.59.